The molecule has 0 heterocycles. The second kappa shape index (κ2) is 3.78. The molecule has 0 amide bonds. The molecule has 0 aromatic carbocycles. The van der Waals surface area contributed by atoms with Gasteiger partial charge in [0.15, 0.2) is 0 Å². The summed E-state index contributed by atoms with van der Waals surface area (Å²) in [6.45, 7) is 2.15. The average molecular weight is 265 g/mol. The molecule has 1 fully saturated rings. The van der Waals surface area contributed by atoms with E-state index in [1.807, 2.05) is 0 Å². The van der Waals surface area contributed by atoms with Crippen LogP contribution in [-0.4, -0.2) is 3.42 Å². The van der Waals surface area contributed by atoms with Crippen LogP contribution in [0.15, 0.2) is 11.8 Å². The van der Waals surface area contributed by atoms with Gasteiger partial charge < -0.3 is 5.73 Å². The maximum Gasteiger partial charge on any atom is 0.0444 e. The van der Waals surface area contributed by atoms with Crippen LogP contribution in [0.3, 0.4) is 0 Å². The summed E-state index contributed by atoms with van der Waals surface area (Å²) in [5.41, 5.74) is 6.88. The van der Waals surface area contributed by atoms with Crippen LogP contribution >= 0.6 is 22.6 Å². The Balaban J connectivity index is 2.64. The average Bonchev–Trinajstić information content (AvgIpc) is 2.04. The van der Waals surface area contributed by atoms with Crippen molar-refractivity contribution in [3.8, 4) is 0 Å². The fourth-order valence-corrected chi connectivity index (χ4v) is 2.60. The van der Waals surface area contributed by atoms with Gasteiger partial charge in [0.1, 0.15) is 0 Å². The molecule has 0 saturated heterocycles. The zero-order valence-electron chi connectivity index (χ0n) is 7.07. The number of hydrogen-bond acceptors (Lipinski definition) is 1. The van der Waals surface area contributed by atoms with Crippen molar-refractivity contribution in [3.63, 3.8) is 0 Å². The van der Waals surface area contributed by atoms with E-state index in [1.54, 1.807) is 6.20 Å². The number of alkyl halides is 1. The lowest BCUT2D eigenvalue weighted by Gasteiger charge is -2.32. The van der Waals surface area contributed by atoms with Crippen LogP contribution < -0.4 is 5.73 Å². The van der Waals surface area contributed by atoms with Gasteiger partial charge in [0.25, 0.3) is 0 Å². The Hall–Kier alpha value is 0.270. The van der Waals surface area contributed by atoms with Crippen molar-refractivity contribution in [2.45, 2.75) is 42.4 Å². The van der Waals surface area contributed by atoms with Crippen LogP contribution in [0, 0.1) is 0 Å². The van der Waals surface area contributed by atoms with Gasteiger partial charge in [-0.05, 0) is 31.5 Å². The van der Waals surface area contributed by atoms with Crippen molar-refractivity contribution >= 4 is 22.6 Å². The third-order valence-corrected chi connectivity index (χ3v) is 4.53. The summed E-state index contributed by atoms with van der Waals surface area (Å²) in [4.78, 5) is 0. The second-order valence-corrected chi connectivity index (χ2v) is 5.44. The largest absolute Gasteiger partial charge is 0.405 e. The molecule has 1 aliphatic carbocycles. The molecular weight excluding hydrogens is 249 g/mol. The standard InChI is InChI=1S/C9H16IN/c1-8(7-11)9(10)5-3-2-4-6-9/h7H,2-6,11H2,1H3/b8-7+. The van der Waals surface area contributed by atoms with Gasteiger partial charge in [-0.25, -0.2) is 0 Å². The lowest BCUT2D eigenvalue weighted by Crippen LogP contribution is -2.25. The molecule has 1 aliphatic rings. The molecule has 1 saturated carbocycles. The number of rotatable bonds is 1. The van der Waals surface area contributed by atoms with E-state index in [1.165, 1.54) is 37.7 Å². The summed E-state index contributed by atoms with van der Waals surface area (Å²) in [6.07, 6.45) is 8.54. The Labute approximate surface area is 82.6 Å². The van der Waals surface area contributed by atoms with Crippen molar-refractivity contribution in [1.29, 1.82) is 0 Å². The van der Waals surface area contributed by atoms with E-state index in [2.05, 4.69) is 29.5 Å². The van der Waals surface area contributed by atoms with E-state index in [-0.39, 0.29) is 0 Å². The molecule has 0 atom stereocenters. The lowest BCUT2D eigenvalue weighted by molar-refractivity contribution is 0.453. The summed E-state index contributed by atoms with van der Waals surface area (Å²) in [7, 11) is 0. The molecule has 0 bridgehead atoms. The van der Waals surface area contributed by atoms with Crippen molar-refractivity contribution in [2.75, 3.05) is 0 Å². The van der Waals surface area contributed by atoms with Crippen LogP contribution in [0.1, 0.15) is 39.0 Å². The first kappa shape index (κ1) is 9.36. The van der Waals surface area contributed by atoms with E-state index in [0.717, 1.165) is 0 Å². The Morgan fingerprint density at radius 3 is 2.36 bits per heavy atom. The first-order valence-corrected chi connectivity index (χ1v) is 5.35. The van der Waals surface area contributed by atoms with Crippen LogP contribution in [0.4, 0.5) is 0 Å². The van der Waals surface area contributed by atoms with Crippen molar-refractivity contribution in [1.82, 2.24) is 0 Å². The normalized spacial score (nSPS) is 25.1. The van der Waals surface area contributed by atoms with Gasteiger partial charge in [-0.1, -0.05) is 41.9 Å². The third-order valence-electron chi connectivity index (χ3n) is 2.60. The fraction of sp³-hybridized carbons (Fsp3) is 0.778. The first-order chi connectivity index (χ1) is 5.19. The topological polar surface area (TPSA) is 26.0 Å². The SMILES string of the molecule is C/C(=C\N)C1(I)CCCCC1. The number of nitrogens with two attached hydrogens (primary N) is 1. The van der Waals surface area contributed by atoms with E-state index in [0.29, 0.717) is 3.42 Å². The molecule has 11 heavy (non-hydrogen) atoms. The maximum atomic E-state index is 5.52. The van der Waals surface area contributed by atoms with Crippen molar-refractivity contribution < 1.29 is 0 Å². The summed E-state index contributed by atoms with van der Waals surface area (Å²) in [5.74, 6) is 0. The fourth-order valence-electron chi connectivity index (χ4n) is 1.66. The molecule has 0 unspecified atom stereocenters. The summed E-state index contributed by atoms with van der Waals surface area (Å²) >= 11 is 2.57. The predicted octanol–water partition coefficient (Wildman–Crippen LogP) is 2.99. The molecule has 0 spiro atoms. The smallest absolute Gasteiger partial charge is 0.0444 e. The van der Waals surface area contributed by atoms with E-state index >= 15 is 0 Å². The van der Waals surface area contributed by atoms with Gasteiger partial charge >= 0.3 is 0 Å². The van der Waals surface area contributed by atoms with Gasteiger partial charge in [-0.15, -0.1) is 0 Å². The molecule has 2 heteroatoms. The summed E-state index contributed by atoms with van der Waals surface area (Å²) in [5, 5.41) is 0. The van der Waals surface area contributed by atoms with Gasteiger partial charge in [0.2, 0.25) is 0 Å². The minimum absolute atomic E-state index is 0.394. The van der Waals surface area contributed by atoms with E-state index < -0.39 is 0 Å². The Morgan fingerprint density at radius 1 is 1.36 bits per heavy atom. The minimum Gasteiger partial charge on any atom is -0.405 e. The van der Waals surface area contributed by atoms with Crippen LogP contribution in [0.25, 0.3) is 0 Å². The second-order valence-electron chi connectivity index (χ2n) is 3.38. The van der Waals surface area contributed by atoms with Gasteiger partial charge in [0, 0.05) is 3.42 Å². The van der Waals surface area contributed by atoms with Crippen LogP contribution in [-0.2, 0) is 0 Å². The highest BCUT2D eigenvalue weighted by Gasteiger charge is 2.29. The maximum absolute atomic E-state index is 5.52. The highest BCUT2D eigenvalue weighted by molar-refractivity contribution is 14.1. The Kier molecular flexibility index (Phi) is 3.22. The number of allylic oxidation sites excluding steroid dienone is 1. The first-order valence-electron chi connectivity index (χ1n) is 4.27. The highest BCUT2D eigenvalue weighted by Crippen LogP contribution is 2.41. The van der Waals surface area contributed by atoms with Crippen molar-refractivity contribution in [2.24, 2.45) is 5.73 Å². The minimum atomic E-state index is 0.394. The zero-order valence-corrected chi connectivity index (χ0v) is 9.23. The summed E-state index contributed by atoms with van der Waals surface area (Å²) in [6, 6.07) is 0. The predicted molar refractivity (Wildman–Crippen MR) is 57.8 cm³/mol. The van der Waals surface area contributed by atoms with E-state index in [9.17, 15) is 0 Å². The molecule has 64 valence electrons. The molecule has 0 radical (unpaired) electrons. The molecule has 1 nitrogen and oxygen atoms in total. The van der Waals surface area contributed by atoms with Crippen LogP contribution in [0.5, 0.6) is 0 Å². The highest BCUT2D eigenvalue weighted by atomic mass is 127. The number of hydrogen-bond donors (Lipinski definition) is 1. The third kappa shape index (κ3) is 2.10. The molecule has 2 N–H and O–H groups in total. The van der Waals surface area contributed by atoms with Crippen molar-refractivity contribution in [3.05, 3.63) is 11.8 Å². The van der Waals surface area contributed by atoms with Gasteiger partial charge in [0.05, 0.1) is 0 Å². The number of halogens is 1. The molecule has 0 aliphatic heterocycles. The monoisotopic (exact) mass is 265 g/mol. The molecular formula is C9H16IN. The molecule has 1 rings (SSSR count). The molecule has 0 aromatic heterocycles. The van der Waals surface area contributed by atoms with Crippen LogP contribution in [0.2, 0.25) is 0 Å². The zero-order chi connectivity index (χ0) is 8.32. The van der Waals surface area contributed by atoms with E-state index in [4.69, 9.17) is 5.73 Å². The molecule has 0 aromatic rings. The lowest BCUT2D eigenvalue weighted by atomic mass is 9.85. The quantitative estimate of drug-likeness (QED) is 0.572. The summed E-state index contributed by atoms with van der Waals surface area (Å²) < 4.78 is 0.394. The van der Waals surface area contributed by atoms with Gasteiger partial charge in [-0.2, -0.15) is 0 Å². The Morgan fingerprint density at radius 2 is 1.91 bits per heavy atom. The Bertz CT molecular complexity index is 157. The van der Waals surface area contributed by atoms with Gasteiger partial charge in [-0.3, -0.25) is 0 Å².